The highest BCUT2D eigenvalue weighted by atomic mass is 16.6. The van der Waals surface area contributed by atoms with Crippen molar-refractivity contribution in [1.82, 2.24) is 10.2 Å². The van der Waals surface area contributed by atoms with Crippen LogP contribution in [0.4, 0.5) is 10.5 Å². The van der Waals surface area contributed by atoms with Gasteiger partial charge < -0.3 is 5.32 Å². The molecule has 1 aliphatic heterocycles. The molecule has 2 aromatic carbocycles. The monoisotopic (exact) mass is 381 g/mol. The summed E-state index contributed by atoms with van der Waals surface area (Å²) in [6.45, 7) is 4.84. The fourth-order valence-electron chi connectivity index (χ4n) is 3.31. The van der Waals surface area contributed by atoms with E-state index in [1.54, 1.807) is 19.1 Å². The first-order chi connectivity index (χ1) is 13.1. The number of Topliss-reactive ketones (excluding diaryl/α,β-unsaturated/α-hetero) is 1. The highest BCUT2D eigenvalue weighted by Gasteiger charge is 2.49. The number of hydrogen-bond donors (Lipinski definition) is 1. The lowest BCUT2D eigenvalue weighted by Crippen LogP contribution is -2.41. The minimum atomic E-state index is -1.39. The van der Waals surface area contributed by atoms with Crippen molar-refractivity contribution >= 4 is 23.4 Å². The Kier molecular flexibility index (Phi) is 4.72. The van der Waals surface area contributed by atoms with E-state index in [-0.39, 0.29) is 18.0 Å². The molecule has 3 rings (SSSR count). The summed E-state index contributed by atoms with van der Waals surface area (Å²) in [6.07, 6.45) is 0. The molecular weight excluding hydrogens is 362 g/mol. The molecule has 0 aliphatic carbocycles. The fourth-order valence-corrected chi connectivity index (χ4v) is 3.31. The third kappa shape index (κ3) is 3.24. The van der Waals surface area contributed by atoms with Gasteiger partial charge in [-0.3, -0.25) is 24.6 Å². The number of benzene rings is 2. The first-order valence-electron chi connectivity index (χ1n) is 8.63. The van der Waals surface area contributed by atoms with Crippen molar-refractivity contribution in [3.05, 3.63) is 74.8 Å². The number of rotatable bonds is 5. The number of aryl methyl sites for hydroxylation is 2. The van der Waals surface area contributed by atoms with Crippen LogP contribution in [0.3, 0.4) is 0 Å². The van der Waals surface area contributed by atoms with E-state index in [1.165, 1.54) is 31.2 Å². The van der Waals surface area contributed by atoms with E-state index in [2.05, 4.69) is 5.32 Å². The lowest BCUT2D eigenvalue weighted by atomic mass is 9.92. The molecule has 1 heterocycles. The number of amides is 3. The zero-order valence-corrected chi connectivity index (χ0v) is 15.7. The quantitative estimate of drug-likeness (QED) is 0.371. The number of hydrogen-bond acceptors (Lipinski definition) is 5. The van der Waals surface area contributed by atoms with Gasteiger partial charge in [0.1, 0.15) is 5.54 Å². The van der Waals surface area contributed by atoms with Gasteiger partial charge in [0.15, 0.2) is 5.78 Å². The number of carbonyl (C=O) groups is 3. The Labute approximate surface area is 161 Å². The summed E-state index contributed by atoms with van der Waals surface area (Å²) < 4.78 is 0. The number of carbonyl (C=O) groups excluding carboxylic acids is 3. The number of nitrogens with zero attached hydrogens (tertiary/aromatic N) is 2. The Bertz CT molecular complexity index is 999. The molecule has 28 heavy (non-hydrogen) atoms. The number of nitro groups is 1. The maximum Gasteiger partial charge on any atom is 0.325 e. The van der Waals surface area contributed by atoms with Gasteiger partial charge in [-0.15, -0.1) is 0 Å². The van der Waals surface area contributed by atoms with E-state index in [0.29, 0.717) is 11.1 Å². The molecule has 1 unspecified atom stereocenters. The van der Waals surface area contributed by atoms with Gasteiger partial charge in [0.2, 0.25) is 0 Å². The maximum atomic E-state index is 12.9. The van der Waals surface area contributed by atoms with Crippen LogP contribution in [0.25, 0.3) is 0 Å². The number of non-ortho nitro benzene ring substituents is 1. The van der Waals surface area contributed by atoms with Gasteiger partial charge in [-0.1, -0.05) is 23.8 Å². The Morgan fingerprint density at radius 2 is 1.79 bits per heavy atom. The average Bonchev–Trinajstić information content (AvgIpc) is 2.85. The molecule has 2 aromatic rings. The standard InChI is InChI=1S/C20H19N3O5/c1-12-4-9-16(13(2)10-12)17(24)11-22-18(25)20(3,21-19(22)26)14-5-7-15(8-6-14)23(27)28/h4-10H,11H2,1-3H3,(H,21,26). The molecule has 1 fully saturated rings. The third-order valence-electron chi connectivity index (χ3n) is 4.91. The van der Waals surface area contributed by atoms with Crippen LogP contribution in [0, 0.1) is 24.0 Å². The third-order valence-corrected chi connectivity index (χ3v) is 4.91. The predicted octanol–water partition coefficient (Wildman–Crippen LogP) is 2.86. The fraction of sp³-hybridized carbons (Fsp3) is 0.250. The minimum absolute atomic E-state index is 0.119. The van der Waals surface area contributed by atoms with Crippen LogP contribution in [-0.4, -0.2) is 34.1 Å². The molecule has 1 saturated heterocycles. The maximum absolute atomic E-state index is 12.9. The lowest BCUT2D eigenvalue weighted by molar-refractivity contribution is -0.384. The molecule has 1 aliphatic rings. The smallest absolute Gasteiger partial charge is 0.319 e. The molecular formula is C20H19N3O5. The van der Waals surface area contributed by atoms with Crippen LogP contribution in [0.5, 0.6) is 0 Å². The van der Waals surface area contributed by atoms with Crippen LogP contribution in [0.2, 0.25) is 0 Å². The van der Waals surface area contributed by atoms with E-state index < -0.39 is 22.4 Å². The molecule has 3 amide bonds. The molecule has 0 radical (unpaired) electrons. The van der Waals surface area contributed by atoms with E-state index in [0.717, 1.165) is 16.0 Å². The molecule has 8 nitrogen and oxygen atoms in total. The number of urea groups is 1. The Hall–Kier alpha value is -3.55. The second-order valence-corrected chi connectivity index (χ2v) is 6.99. The average molecular weight is 381 g/mol. The topological polar surface area (TPSA) is 110 Å². The number of nitro benzene ring substituents is 1. The van der Waals surface area contributed by atoms with Gasteiger partial charge in [0, 0.05) is 17.7 Å². The molecule has 8 heteroatoms. The van der Waals surface area contributed by atoms with E-state index in [4.69, 9.17) is 0 Å². The van der Waals surface area contributed by atoms with Gasteiger partial charge in [-0.2, -0.15) is 0 Å². The van der Waals surface area contributed by atoms with Gasteiger partial charge in [-0.25, -0.2) is 4.79 Å². The van der Waals surface area contributed by atoms with Gasteiger partial charge in [-0.05, 0) is 44.0 Å². The van der Waals surface area contributed by atoms with Crippen molar-refractivity contribution in [2.75, 3.05) is 6.54 Å². The van der Waals surface area contributed by atoms with Crippen molar-refractivity contribution < 1.29 is 19.3 Å². The van der Waals surface area contributed by atoms with Crippen LogP contribution < -0.4 is 5.32 Å². The highest BCUT2D eigenvalue weighted by Crippen LogP contribution is 2.30. The zero-order valence-electron chi connectivity index (χ0n) is 15.7. The van der Waals surface area contributed by atoms with Crippen LogP contribution in [-0.2, 0) is 10.3 Å². The molecule has 0 aromatic heterocycles. The van der Waals surface area contributed by atoms with Crippen LogP contribution >= 0.6 is 0 Å². The van der Waals surface area contributed by atoms with E-state index in [1.807, 2.05) is 13.0 Å². The Morgan fingerprint density at radius 3 is 2.36 bits per heavy atom. The van der Waals surface area contributed by atoms with Crippen molar-refractivity contribution in [2.45, 2.75) is 26.3 Å². The number of imide groups is 1. The molecule has 144 valence electrons. The molecule has 1 atom stereocenters. The number of nitrogens with one attached hydrogen (secondary N) is 1. The highest BCUT2D eigenvalue weighted by molar-refractivity contribution is 6.11. The number of ketones is 1. The first-order valence-corrected chi connectivity index (χ1v) is 8.63. The van der Waals surface area contributed by atoms with E-state index in [9.17, 15) is 24.5 Å². The van der Waals surface area contributed by atoms with Crippen molar-refractivity contribution in [3.8, 4) is 0 Å². The Morgan fingerprint density at radius 1 is 1.14 bits per heavy atom. The Balaban J connectivity index is 1.84. The zero-order chi connectivity index (χ0) is 20.6. The van der Waals surface area contributed by atoms with Crippen molar-refractivity contribution in [2.24, 2.45) is 0 Å². The SMILES string of the molecule is Cc1ccc(C(=O)CN2C(=O)NC(C)(c3ccc([N+](=O)[O-])cc3)C2=O)c(C)c1. The minimum Gasteiger partial charge on any atom is -0.319 e. The molecule has 0 bridgehead atoms. The van der Waals surface area contributed by atoms with Gasteiger partial charge in [0.05, 0.1) is 11.5 Å². The second-order valence-electron chi connectivity index (χ2n) is 6.99. The van der Waals surface area contributed by atoms with Crippen molar-refractivity contribution in [3.63, 3.8) is 0 Å². The molecule has 0 spiro atoms. The summed E-state index contributed by atoms with van der Waals surface area (Å²) in [4.78, 5) is 49.1. The van der Waals surface area contributed by atoms with E-state index >= 15 is 0 Å². The second kappa shape index (κ2) is 6.88. The molecule has 0 saturated carbocycles. The largest absolute Gasteiger partial charge is 0.325 e. The lowest BCUT2D eigenvalue weighted by Gasteiger charge is -2.22. The van der Waals surface area contributed by atoms with Gasteiger partial charge >= 0.3 is 6.03 Å². The molecule has 1 N–H and O–H groups in total. The summed E-state index contributed by atoms with van der Waals surface area (Å²) in [5.74, 6) is -0.918. The van der Waals surface area contributed by atoms with Crippen LogP contribution in [0.1, 0.15) is 34.0 Å². The first kappa shape index (κ1) is 19.2. The van der Waals surface area contributed by atoms with Crippen molar-refractivity contribution in [1.29, 1.82) is 0 Å². The normalized spacial score (nSPS) is 18.9. The van der Waals surface area contributed by atoms with Crippen LogP contribution in [0.15, 0.2) is 42.5 Å². The summed E-state index contributed by atoms with van der Waals surface area (Å²) in [5, 5.41) is 13.4. The predicted molar refractivity (Wildman–Crippen MR) is 101 cm³/mol. The summed E-state index contributed by atoms with van der Waals surface area (Å²) in [7, 11) is 0. The van der Waals surface area contributed by atoms with Gasteiger partial charge in [0.25, 0.3) is 11.6 Å². The summed E-state index contributed by atoms with van der Waals surface area (Å²) in [5.41, 5.74) is 1.12. The summed E-state index contributed by atoms with van der Waals surface area (Å²) in [6, 6.07) is 10.0. The summed E-state index contributed by atoms with van der Waals surface area (Å²) >= 11 is 0.